The molecule has 0 radical (unpaired) electrons. The van der Waals surface area contributed by atoms with E-state index < -0.39 is 0 Å². The van der Waals surface area contributed by atoms with Gasteiger partial charge in [0.2, 0.25) is 0 Å². The molecule has 1 aromatic heterocycles. The predicted molar refractivity (Wildman–Crippen MR) is 93.4 cm³/mol. The molecule has 1 nitrogen and oxygen atoms in total. The maximum absolute atomic E-state index is 6.20. The van der Waals surface area contributed by atoms with Crippen LogP contribution in [0.15, 0.2) is 73.5 Å². The van der Waals surface area contributed by atoms with Crippen molar-refractivity contribution in [3.63, 3.8) is 0 Å². The van der Waals surface area contributed by atoms with E-state index in [4.69, 9.17) is 11.6 Å². The van der Waals surface area contributed by atoms with Gasteiger partial charge in [0.1, 0.15) is 0 Å². The Kier molecular flexibility index (Phi) is 4.26. The summed E-state index contributed by atoms with van der Waals surface area (Å²) in [6, 6.07) is 10.3. The Hall–Kier alpha value is -2.12. The summed E-state index contributed by atoms with van der Waals surface area (Å²) >= 11 is 6.20. The summed E-state index contributed by atoms with van der Waals surface area (Å²) in [5, 5.41) is 0.782. The highest BCUT2D eigenvalue weighted by atomic mass is 35.5. The van der Waals surface area contributed by atoms with Gasteiger partial charge in [0.05, 0.1) is 11.6 Å². The third-order valence-electron chi connectivity index (χ3n) is 4.16. The third-order valence-corrected chi connectivity index (χ3v) is 4.39. The Balaban J connectivity index is 2.27. The second kappa shape index (κ2) is 6.33. The van der Waals surface area contributed by atoms with Crippen molar-refractivity contribution in [2.75, 3.05) is 0 Å². The minimum absolute atomic E-state index is 0.0847. The number of nitrogens with zero attached hydrogens (tertiary/aromatic N) is 1. The fourth-order valence-electron chi connectivity index (χ4n) is 3.17. The lowest BCUT2D eigenvalue weighted by atomic mass is 9.85. The number of aromatic nitrogens is 1. The summed E-state index contributed by atoms with van der Waals surface area (Å²) < 4.78 is 0. The average molecular weight is 308 g/mol. The highest BCUT2D eigenvalue weighted by Gasteiger charge is 2.26. The van der Waals surface area contributed by atoms with Gasteiger partial charge in [-0.15, -0.1) is 0 Å². The van der Waals surface area contributed by atoms with Crippen LogP contribution in [0.2, 0.25) is 5.02 Å². The van der Waals surface area contributed by atoms with Crippen LogP contribution in [0.5, 0.6) is 0 Å². The van der Waals surface area contributed by atoms with E-state index in [9.17, 15) is 0 Å². The Bertz CT molecular complexity index is 758. The van der Waals surface area contributed by atoms with Crippen molar-refractivity contribution < 1.29 is 0 Å². The Morgan fingerprint density at radius 1 is 1.18 bits per heavy atom. The highest BCUT2D eigenvalue weighted by molar-refractivity contribution is 6.30. The molecule has 0 fully saturated rings. The smallest absolute Gasteiger partial charge is 0.0554 e. The predicted octanol–water partition coefficient (Wildman–Crippen LogP) is 5.26. The lowest BCUT2D eigenvalue weighted by molar-refractivity contribution is 0.902. The van der Waals surface area contributed by atoms with Crippen LogP contribution in [0.1, 0.15) is 28.3 Å². The SMILES string of the molecule is C=C/C=C(\C=C)C1c2ccc(Cl)cc2CCc2cccnc21. The molecule has 0 aliphatic heterocycles. The molecule has 1 atom stereocenters. The van der Waals surface area contributed by atoms with E-state index in [1.54, 1.807) is 6.08 Å². The van der Waals surface area contributed by atoms with E-state index in [1.807, 2.05) is 30.5 Å². The number of hydrogen-bond acceptors (Lipinski definition) is 1. The molecular formula is C20H18ClN. The number of rotatable bonds is 3. The molecule has 1 unspecified atom stereocenters. The second-order valence-corrected chi connectivity index (χ2v) is 5.87. The average Bonchev–Trinajstić information content (AvgIpc) is 2.69. The minimum Gasteiger partial charge on any atom is -0.260 e. The fraction of sp³-hybridized carbons (Fsp3) is 0.150. The molecule has 0 bridgehead atoms. The van der Waals surface area contributed by atoms with E-state index in [2.05, 4.69) is 36.3 Å². The van der Waals surface area contributed by atoms with Crippen LogP contribution >= 0.6 is 11.6 Å². The van der Waals surface area contributed by atoms with Crippen molar-refractivity contribution in [2.24, 2.45) is 0 Å². The Morgan fingerprint density at radius 2 is 2.00 bits per heavy atom. The summed E-state index contributed by atoms with van der Waals surface area (Å²) in [6.45, 7) is 7.81. The van der Waals surface area contributed by atoms with Crippen molar-refractivity contribution in [3.8, 4) is 0 Å². The van der Waals surface area contributed by atoms with Crippen LogP contribution in [0.25, 0.3) is 0 Å². The Labute approximate surface area is 136 Å². The van der Waals surface area contributed by atoms with Crippen molar-refractivity contribution >= 4 is 11.6 Å². The maximum atomic E-state index is 6.20. The summed E-state index contributed by atoms with van der Waals surface area (Å²) in [5.41, 5.74) is 6.05. The summed E-state index contributed by atoms with van der Waals surface area (Å²) in [7, 11) is 0. The molecule has 1 aromatic carbocycles. The van der Waals surface area contributed by atoms with Gasteiger partial charge in [-0.1, -0.05) is 55.1 Å². The molecule has 0 saturated heterocycles. The van der Waals surface area contributed by atoms with E-state index >= 15 is 0 Å². The molecule has 1 aliphatic carbocycles. The summed E-state index contributed by atoms with van der Waals surface area (Å²) in [5.74, 6) is 0.0847. The van der Waals surface area contributed by atoms with Crippen LogP contribution in [0, 0.1) is 0 Å². The highest BCUT2D eigenvalue weighted by Crippen LogP contribution is 2.39. The molecular weight excluding hydrogens is 290 g/mol. The summed E-state index contributed by atoms with van der Waals surface area (Å²) in [6.07, 6.45) is 9.53. The number of hydrogen-bond donors (Lipinski definition) is 0. The van der Waals surface area contributed by atoms with Gasteiger partial charge in [-0.05, 0) is 53.3 Å². The van der Waals surface area contributed by atoms with Crippen LogP contribution in [0.3, 0.4) is 0 Å². The van der Waals surface area contributed by atoms with E-state index in [-0.39, 0.29) is 5.92 Å². The molecule has 110 valence electrons. The van der Waals surface area contributed by atoms with Crippen LogP contribution in [0.4, 0.5) is 0 Å². The molecule has 0 N–H and O–H groups in total. The summed E-state index contributed by atoms with van der Waals surface area (Å²) in [4.78, 5) is 4.68. The van der Waals surface area contributed by atoms with Crippen molar-refractivity contribution in [1.29, 1.82) is 0 Å². The van der Waals surface area contributed by atoms with Crippen LogP contribution in [-0.4, -0.2) is 4.98 Å². The maximum Gasteiger partial charge on any atom is 0.0554 e. The molecule has 0 amide bonds. The van der Waals surface area contributed by atoms with E-state index in [0.717, 1.165) is 29.1 Å². The number of halogens is 1. The molecule has 0 saturated carbocycles. The van der Waals surface area contributed by atoms with Gasteiger partial charge < -0.3 is 0 Å². The zero-order chi connectivity index (χ0) is 15.5. The molecule has 0 spiro atoms. The number of pyridine rings is 1. The van der Waals surface area contributed by atoms with Crippen molar-refractivity contribution in [1.82, 2.24) is 4.98 Å². The standard InChI is InChI=1S/C20H18ClN/c1-3-6-14(4-2)19-18-11-10-17(21)13-16(18)9-8-15-7-5-12-22-20(15)19/h3-7,10-13,19H,1-2,8-9H2/b14-6+. The number of aryl methyl sites for hydroxylation is 2. The number of allylic oxidation sites excluding steroid dienone is 4. The van der Waals surface area contributed by atoms with Gasteiger partial charge in [0.25, 0.3) is 0 Å². The second-order valence-electron chi connectivity index (χ2n) is 5.43. The van der Waals surface area contributed by atoms with Gasteiger partial charge in [-0.2, -0.15) is 0 Å². The fourth-order valence-corrected chi connectivity index (χ4v) is 3.36. The first-order valence-electron chi connectivity index (χ1n) is 7.41. The van der Waals surface area contributed by atoms with Crippen molar-refractivity contribution in [3.05, 3.63) is 101 Å². The monoisotopic (exact) mass is 307 g/mol. The molecule has 22 heavy (non-hydrogen) atoms. The lowest BCUT2D eigenvalue weighted by Gasteiger charge is -2.20. The van der Waals surface area contributed by atoms with Crippen molar-refractivity contribution in [2.45, 2.75) is 18.8 Å². The van der Waals surface area contributed by atoms with Gasteiger partial charge >= 0.3 is 0 Å². The molecule has 2 aromatic rings. The Morgan fingerprint density at radius 3 is 2.77 bits per heavy atom. The zero-order valence-corrected chi connectivity index (χ0v) is 13.2. The first-order valence-corrected chi connectivity index (χ1v) is 7.79. The zero-order valence-electron chi connectivity index (χ0n) is 12.4. The van der Waals surface area contributed by atoms with E-state index in [1.165, 1.54) is 16.7 Å². The number of fused-ring (bicyclic) bond motifs is 2. The molecule has 1 aliphatic rings. The largest absolute Gasteiger partial charge is 0.260 e. The van der Waals surface area contributed by atoms with Gasteiger partial charge in [0.15, 0.2) is 0 Å². The lowest BCUT2D eigenvalue weighted by Crippen LogP contribution is -2.08. The third kappa shape index (κ3) is 2.65. The van der Waals surface area contributed by atoms with Crippen LogP contribution < -0.4 is 0 Å². The first-order chi connectivity index (χ1) is 10.7. The normalized spacial score (nSPS) is 17.1. The molecule has 2 heteroatoms. The van der Waals surface area contributed by atoms with Gasteiger partial charge in [0, 0.05) is 11.2 Å². The van der Waals surface area contributed by atoms with Crippen LogP contribution in [-0.2, 0) is 12.8 Å². The molecule has 1 heterocycles. The topological polar surface area (TPSA) is 12.9 Å². The first kappa shape index (κ1) is 14.8. The van der Waals surface area contributed by atoms with Gasteiger partial charge in [-0.25, -0.2) is 0 Å². The van der Waals surface area contributed by atoms with Gasteiger partial charge in [-0.3, -0.25) is 4.98 Å². The van der Waals surface area contributed by atoms with E-state index in [0.29, 0.717) is 0 Å². The quantitative estimate of drug-likeness (QED) is 0.704. The number of benzene rings is 1. The minimum atomic E-state index is 0.0847. The molecule has 3 rings (SSSR count).